The summed E-state index contributed by atoms with van der Waals surface area (Å²) in [5, 5.41) is 10.6. The molecule has 1 aliphatic carbocycles. The van der Waals surface area contributed by atoms with Crippen LogP contribution in [0.1, 0.15) is 113 Å². The number of nitrogens with zero attached hydrogens (tertiary/aromatic N) is 3. The van der Waals surface area contributed by atoms with Crippen LogP contribution in [0.25, 0.3) is 0 Å². The number of hydrogen-bond donors (Lipinski definition) is 2. The van der Waals surface area contributed by atoms with E-state index in [2.05, 4.69) is 62.9 Å². The molecular formula is C38H55N5O7S2Si. The Bertz CT molecular complexity index is 1860. The Morgan fingerprint density at radius 3 is 2.40 bits per heavy atom. The molecule has 53 heavy (non-hydrogen) atoms. The van der Waals surface area contributed by atoms with Gasteiger partial charge in [-0.05, 0) is 84.8 Å². The highest BCUT2D eigenvalue weighted by Gasteiger charge is 2.49. The number of thiophene rings is 1. The zero-order chi connectivity index (χ0) is 38.9. The van der Waals surface area contributed by atoms with Crippen LogP contribution >= 0.6 is 11.3 Å². The number of fused-ring (bicyclic) bond motifs is 1. The van der Waals surface area contributed by atoms with Crippen LogP contribution in [0.4, 0.5) is 10.6 Å². The first-order valence-corrected chi connectivity index (χ1v) is 22.9. The topological polar surface area (TPSA) is 163 Å². The minimum atomic E-state index is -4.15. The average molecular weight is 786 g/mol. The number of aromatic nitrogens is 2. The maximum atomic E-state index is 14.2. The van der Waals surface area contributed by atoms with Crippen LogP contribution in [0.2, 0.25) is 16.6 Å². The summed E-state index contributed by atoms with van der Waals surface area (Å²) in [6.07, 6.45) is 4.04. The van der Waals surface area contributed by atoms with E-state index in [1.165, 1.54) is 23.9 Å². The first kappa shape index (κ1) is 41.0. The van der Waals surface area contributed by atoms with Gasteiger partial charge in [0.1, 0.15) is 17.7 Å². The second kappa shape index (κ2) is 16.3. The molecule has 3 N–H and O–H groups in total. The van der Waals surface area contributed by atoms with Gasteiger partial charge in [0.05, 0.1) is 29.2 Å². The number of hydrogen-bond acceptors (Lipinski definition) is 11. The van der Waals surface area contributed by atoms with E-state index in [-0.39, 0.29) is 30.5 Å². The van der Waals surface area contributed by atoms with Crippen LogP contribution in [-0.4, -0.2) is 74.4 Å². The van der Waals surface area contributed by atoms with Crippen molar-refractivity contribution in [3.63, 3.8) is 0 Å². The molecule has 2 aliphatic rings. The molecule has 1 amide bonds. The van der Waals surface area contributed by atoms with Gasteiger partial charge in [-0.3, -0.25) is 13.9 Å². The van der Waals surface area contributed by atoms with Crippen molar-refractivity contribution < 1.29 is 31.4 Å². The van der Waals surface area contributed by atoms with Crippen molar-refractivity contribution in [3.8, 4) is 0 Å². The zero-order valence-corrected chi connectivity index (χ0v) is 34.9. The van der Waals surface area contributed by atoms with Gasteiger partial charge >= 0.3 is 16.4 Å². The van der Waals surface area contributed by atoms with Gasteiger partial charge in [0.15, 0.2) is 0 Å². The van der Waals surface area contributed by atoms with Crippen LogP contribution in [0.5, 0.6) is 0 Å². The van der Waals surface area contributed by atoms with E-state index in [0.29, 0.717) is 58.7 Å². The summed E-state index contributed by atoms with van der Waals surface area (Å²) in [6, 6.07) is 9.31. The molecule has 1 aromatic carbocycles. The molecule has 0 bridgehead atoms. The van der Waals surface area contributed by atoms with Crippen molar-refractivity contribution >= 4 is 47.7 Å². The quantitative estimate of drug-likeness (QED) is 0.130. The van der Waals surface area contributed by atoms with Gasteiger partial charge in [-0.2, -0.15) is 8.42 Å². The molecule has 3 aromatic rings. The molecule has 0 spiro atoms. The Morgan fingerprint density at radius 2 is 1.75 bits per heavy atom. The van der Waals surface area contributed by atoms with Crippen molar-refractivity contribution in [1.29, 1.82) is 0 Å². The van der Waals surface area contributed by atoms with Crippen LogP contribution < -0.4 is 10.5 Å². The molecule has 0 radical (unpaired) electrons. The molecule has 2 aromatic heterocycles. The SMILES string of the molecule is CC(C)[Si](O[C@H]1C[C@H](Nc2ncncc2C(=O)c2cc([C@H]3c4ccccc4CCN3C(=O)OC(C)(C)C)cs2)C[C@@H]1COS(N)(=O)=O)(C(C)C)C(C)C. The lowest BCUT2D eigenvalue weighted by molar-refractivity contribution is 0.0178. The molecule has 0 unspecified atom stereocenters. The van der Waals surface area contributed by atoms with Gasteiger partial charge in [0.25, 0.3) is 0 Å². The molecule has 1 aliphatic heterocycles. The van der Waals surface area contributed by atoms with Gasteiger partial charge in [-0.25, -0.2) is 19.9 Å². The number of nitrogens with one attached hydrogen (secondary N) is 1. The van der Waals surface area contributed by atoms with Gasteiger partial charge in [0, 0.05) is 24.7 Å². The summed E-state index contributed by atoms with van der Waals surface area (Å²) in [5.41, 5.74) is 3.62. The third-order valence-electron chi connectivity index (χ3n) is 10.5. The monoisotopic (exact) mass is 785 g/mol. The van der Waals surface area contributed by atoms with E-state index in [0.717, 1.165) is 16.7 Å². The summed E-state index contributed by atoms with van der Waals surface area (Å²) >= 11 is 1.31. The van der Waals surface area contributed by atoms with E-state index in [4.69, 9.17) is 18.5 Å². The summed E-state index contributed by atoms with van der Waals surface area (Å²) < 4.78 is 41.7. The highest BCUT2D eigenvalue weighted by Crippen LogP contribution is 2.46. The molecule has 4 atom stereocenters. The van der Waals surface area contributed by atoms with Gasteiger partial charge in [-0.1, -0.05) is 65.8 Å². The molecular weight excluding hydrogens is 731 g/mol. The van der Waals surface area contributed by atoms with E-state index in [1.807, 2.05) is 50.4 Å². The average Bonchev–Trinajstić information content (AvgIpc) is 3.71. The highest BCUT2D eigenvalue weighted by atomic mass is 32.2. The minimum absolute atomic E-state index is 0.0986. The summed E-state index contributed by atoms with van der Waals surface area (Å²) in [6.45, 7) is 19.2. The fraction of sp³-hybridized carbons (Fsp3) is 0.579. The van der Waals surface area contributed by atoms with Crippen molar-refractivity contribution in [2.45, 2.75) is 122 Å². The van der Waals surface area contributed by atoms with Gasteiger partial charge in [0.2, 0.25) is 14.1 Å². The Hall–Kier alpha value is -3.21. The lowest BCUT2D eigenvalue weighted by atomic mass is 9.89. The normalized spacial score (nSPS) is 21.0. The molecule has 0 saturated heterocycles. The third kappa shape index (κ3) is 9.37. The smallest absolute Gasteiger partial charge is 0.411 e. The van der Waals surface area contributed by atoms with Crippen molar-refractivity contribution in [2.75, 3.05) is 18.5 Å². The lowest BCUT2D eigenvalue weighted by Crippen LogP contribution is -2.51. The number of amides is 1. The van der Waals surface area contributed by atoms with Crippen LogP contribution in [-0.2, 0) is 30.1 Å². The predicted octanol–water partition coefficient (Wildman–Crippen LogP) is 7.62. The van der Waals surface area contributed by atoms with Crippen LogP contribution in [0.15, 0.2) is 48.2 Å². The zero-order valence-electron chi connectivity index (χ0n) is 32.3. The summed E-state index contributed by atoms with van der Waals surface area (Å²) in [5.74, 6) is -0.112. The first-order valence-electron chi connectivity index (χ1n) is 18.4. The number of anilines is 1. The van der Waals surface area contributed by atoms with Crippen LogP contribution in [0, 0.1) is 5.92 Å². The van der Waals surface area contributed by atoms with Crippen molar-refractivity contribution in [1.82, 2.24) is 14.9 Å². The Labute approximate surface area is 319 Å². The van der Waals surface area contributed by atoms with Crippen molar-refractivity contribution in [2.24, 2.45) is 11.1 Å². The van der Waals surface area contributed by atoms with E-state index >= 15 is 0 Å². The van der Waals surface area contributed by atoms with Crippen molar-refractivity contribution in [3.05, 3.63) is 75.4 Å². The first-order chi connectivity index (χ1) is 24.8. The fourth-order valence-corrected chi connectivity index (χ4v) is 15.2. The number of nitrogens with two attached hydrogens (primary N) is 1. The van der Waals surface area contributed by atoms with Gasteiger partial charge in [-0.15, -0.1) is 11.3 Å². The van der Waals surface area contributed by atoms with E-state index in [9.17, 15) is 18.0 Å². The molecule has 12 nitrogen and oxygen atoms in total. The van der Waals surface area contributed by atoms with Crippen LogP contribution in [0.3, 0.4) is 0 Å². The number of carbonyl (C=O) groups excluding carboxylic acids is 2. The Kier molecular flexibility index (Phi) is 12.6. The lowest BCUT2D eigenvalue weighted by Gasteiger charge is -2.45. The maximum absolute atomic E-state index is 14.2. The summed E-state index contributed by atoms with van der Waals surface area (Å²) in [4.78, 5) is 38.6. The largest absolute Gasteiger partial charge is 0.444 e. The molecule has 15 heteroatoms. The molecule has 3 heterocycles. The summed E-state index contributed by atoms with van der Waals surface area (Å²) in [7, 11) is -6.49. The maximum Gasteiger partial charge on any atom is 0.411 e. The highest BCUT2D eigenvalue weighted by molar-refractivity contribution is 7.84. The second-order valence-corrected chi connectivity index (χ2v) is 23.7. The molecule has 1 saturated carbocycles. The standard InChI is InChI=1S/C38H55N5O7S2Si/c1-23(2)53(24(3)4,25(5)6)50-32-18-29(16-27(32)20-48-52(39,46)47)42-36-31(19-40-22-41-36)35(44)33-17-28(21-51-33)34-30-13-11-10-12-26(30)14-15-43(34)37(45)49-38(7,8)9/h10-13,17,19,21-25,27,29,32,34H,14-16,18,20H2,1-9H3,(H2,39,46,47)(H,40,41,42)/t27-,29-,32+,34+/m1/s1. The number of benzene rings is 1. The predicted molar refractivity (Wildman–Crippen MR) is 210 cm³/mol. The molecule has 290 valence electrons. The minimum Gasteiger partial charge on any atom is -0.444 e. The van der Waals surface area contributed by atoms with E-state index in [1.54, 1.807) is 4.90 Å². The number of rotatable bonds is 13. The Balaban J connectivity index is 1.41. The number of ether oxygens (including phenoxy) is 1. The molecule has 5 rings (SSSR count). The fourth-order valence-electron chi connectivity index (χ4n) is 8.37. The second-order valence-electron chi connectivity index (χ2n) is 16.2. The Morgan fingerprint density at radius 1 is 1.08 bits per heavy atom. The van der Waals surface area contributed by atoms with E-state index < -0.39 is 36.4 Å². The number of ketones is 1. The number of carbonyl (C=O) groups is 2. The molecule has 1 fully saturated rings. The third-order valence-corrected chi connectivity index (χ3v) is 18.0. The van der Waals surface area contributed by atoms with Gasteiger partial charge < -0.3 is 14.5 Å².